The molecular weight excluding hydrogens is 381 g/mol. The van der Waals surface area contributed by atoms with Gasteiger partial charge >= 0.3 is 0 Å². The van der Waals surface area contributed by atoms with E-state index in [1.807, 2.05) is 32.0 Å². The zero-order valence-corrected chi connectivity index (χ0v) is 17.3. The fraction of sp³-hybridized carbons (Fsp3) is 0.286. The Kier molecular flexibility index (Phi) is 7.72. The standard InChI is InChI=1S/C13H15N3O.C6H4Cl2.C2H6/c1-16-11-5-3-2-4-8(11)9-6-10(13(14)17)15-7-12(9)16;7-5-2-1-3-6(8)4-5;1-2/h2-5,10,15H,6-7H2,1H3,(H2,14,17);1-4H;1-2H3. The molecule has 0 fully saturated rings. The first kappa shape index (κ1) is 21.3. The van der Waals surface area contributed by atoms with Gasteiger partial charge in [0.25, 0.3) is 0 Å². The van der Waals surface area contributed by atoms with E-state index in [2.05, 4.69) is 29.1 Å². The molecule has 2 heterocycles. The largest absolute Gasteiger partial charge is 0.368 e. The highest BCUT2D eigenvalue weighted by Gasteiger charge is 2.26. The number of carbonyl (C=O) groups is 1. The number of nitrogens with one attached hydrogen (secondary N) is 1. The average Bonchev–Trinajstić information content (AvgIpc) is 2.96. The molecule has 0 spiro atoms. The third kappa shape index (κ3) is 5.04. The van der Waals surface area contributed by atoms with Gasteiger partial charge in [-0.05, 0) is 36.2 Å². The van der Waals surface area contributed by atoms with Crippen molar-refractivity contribution in [2.45, 2.75) is 32.9 Å². The number of hydrogen-bond acceptors (Lipinski definition) is 2. The SMILES string of the molecule is CC.Clc1cccc(Cl)c1.Cn1c2c(c3ccccc31)CC(C(N)=O)NC2. The number of carbonyl (C=O) groups excluding carboxylic acids is 1. The summed E-state index contributed by atoms with van der Waals surface area (Å²) in [5.41, 5.74) is 9.09. The summed E-state index contributed by atoms with van der Waals surface area (Å²) in [6.07, 6.45) is 0.687. The number of aromatic nitrogens is 1. The lowest BCUT2D eigenvalue weighted by molar-refractivity contribution is -0.120. The van der Waals surface area contributed by atoms with E-state index >= 15 is 0 Å². The van der Waals surface area contributed by atoms with Gasteiger partial charge in [0.05, 0.1) is 6.04 Å². The number of para-hydroxylation sites is 1. The van der Waals surface area contributed by atoms with Crippen molar-refractivity contribution in [2.75, 3.05) is 0 Å². The number of nitrogens with zero attached hydrogens (tertiary/aromatic N) is 1. The summed E-state index contributed by atoms with van der Waals surface area (Å²) >= 11 is 11.1. The van der Waals surface area contributed by atoms with Gasteiger partial charge in [0.2, 0.25) is 5.91 Å². The zero-order chi connectivity index (χ0) is 20.0. The predicted octanol–water partition coefficient (Wildman–Crippen LogP) is 4.70. The minimum atomic E-state index is -0.274. The van der Waals surface area contributed by atoms with Crippen LogP contribution in [0.5, 0.6) is 0 Å². The van der Waals surface area contributed by atoms with E-state index in [-0.39, 0.29) is 11.9 Å². The number of fused-ring (bicyclic) bond motifs is 3. The minimum absolute atomic E-state index is 0.242. The molecule has 2 aromatic carbocycles. The Morgan fingerprint density at radius 1 is 1.11 bits per heavy atom. The van der Waals surface area contributed by atoms with E-state index in [4.69, 9.17) is 28.9 Å². The highest BCUT2D eigenvalue weighted by Crippen LogP contribution is 2.28. The number of halogens is 2. The summed E-state index contributed by atoms with van der Waals surface area (Å²) in [5, 5.41) is 5.77. The van der Waals surface area contributed by atoms with Crippen LogP contribution in [0.25, 0.3) is 10.9 Å². The van der Waals surface area contributed by atoms with Crippen LogP contribution in [0, 0.1) is 0 Å². The molecule has 1 aliphatic heterocycles. The molecule has 4 rings (SSSR count). The number of nitrogens with two attached hydrogens (primary N) is 1. The highest BCUT2D eigenvalue weighted by atomic mass is 35.5. The minimum Gasteiger partial charge on any atom is -0.368 e. The van der Waals surface area contributed by atoms with Crippen molar-refractivity contribution in [2.24, 2.45) is 12.8 Å². The Morgan fingerprint density at radius 2 is 1.74 bits per heavy atom. The van der Waals surface area contributed by atoms with Crippen molar-refractivity contribution in [3.8, 4) is 0 Å². The number of aryl methyl sites for hydroxylation is 1. The Bertz CT molecular complexity index is 904. The number of amides is 1. The van der Waals surface area contributed by atoms with E-state index in [0.29, 0.717) is 23.0 Å². The normalized spacial score (nSPS) is 15.1. The quantitative estimate of drug-likeness (QED) is 0.616. The smallest absolute Gasteiger partial charge is 0.234 e. The van der Waals surface area contributed by atoms with Crippen molar-refractivity contribution in [3.05, 3.63) is 69.8 Å². The van der Waals surface area contributed by atoms with E-state index in [1.54, 1.807) is 18.2 Å². The van der Waals surface area contributed by atoms with Crippen LogP contribution < -0.4 is 11.1 Å². The Labute approximate surface area is 170 Å². The molecule has 0 saturated heterocycles. The van der Waals surface area contributed by atoms with Gasteiger partial charge in [-0.3, -0.25) is 10.1 Å². The van der Waals surface area contributed by atoms with E-state index in [0.717, 1.165) is 0 Å². The Hall–Kier alpha value is -2.01. The van der Waals surface area contributed by atoms with Crippen LogP contribution in [-0.4, -0.2) is 16.5 Å². The first-order valence-corrected chi connectivity index (χ1v) is 9.72. The molecule has 144 valence electrons. The second kappa shape index (κ2) is 9.79. The molecule has 1 unspecified atom stereocenters. The Balaban J connectivity index is 0.000000220. The molecule has 1 aliphatic rings. The summed E-state index contributed by atoms with van der Waals surface area (Å²) in [4.78, 5) is 11.3. The molecule has 6 heteroatoms. The maximum Gasteiger partial charge on any atom is 0.234 e. The number of primary amides is 1. The first-order valence-electron chi connectivity index (χ1n) is 8.96. The van der Waals surface area contributed by atoms with Gasteiger partial charge in [-0.1, -0.05) is 61.3 Å². The molecule has 0 radical (unpaired) electrons. The lowest BCUT2D eigenvalue weighted by atomic mass is 9.98. The van der Waals surface area contributed by atoms with Gasteiger partial charge in [-0.25, -0.2) is 0 Å². The van der Waals surface area contributed by atoms with Gasteiger partial charge in [0.15, 0.2) is 0 Å². The zero-order valence-electron chi connectivity index (χ0n) is 15.8. The third-order valence-corrected chi connectivity index (χ3v) is 4.87. The van der Waals surface area contributed by atoms with Gasteiger partial charge < -0.3 is 10.3 Å². The van der Waals surface area contributed by atoms with Crippen LogP contribution in [0.3, 0.4) is 0 Å². The van der Waals surface area contributed by atoms with Gasteiger partial charge in [-0.15, -0.1) is 0 Å². The topological polar surface area (TPSA) is 60.0 Å². The van der Waals surface area contributed by atoms with Gasteiger partial charge in [-0.2, -0.15) is 0 Å². The van der Waals surface area contributed by atoms with Crippen LogP contribution in [-0.2, 0) is 24.8 Å². The van der Waals surface area contributed by atoms with Crippen molar-refractivity contribution < 1.29 is 4.79 Å². The van der Waals surface area contributed by atoms with Crippen LogP contribution >= 0.6 is 23.2 Å². The molecule has 0 aliphatic carbocycles. The summed E-state index contributed by atoms with van der Waals surface area (Å²) in [7, 11) is 2.06. The number of hydrogen-bond donors (Lipinski definition) is 2. The van der Waals surface area contributed by atoms with Crippen molar-refractivity contribution in [3.63, 3.8) is 0 Å². The highest BCUT2D eigenvalue weighted by molar-refractivity contribution is 6.34. The van der Waals surface area contributed by atoms with E-state index in [1.165, 1.54) is 22.2 Å². The average molecular weight is 406 g/mol. The summed E-state index contributed by atoms with van der Waals surface area (Å²) in [6.45, 7) is 4.70. The summed E-state index contributed by atoms with van der Waals surface area (Å²) < 4.78 is 2.19. The maximum atomic E-state index is 11.3. The van der Waals surface area contributed by atoms with Crippen molar-refractivity contribution >= 4 is 40.0 Å². The molecular formula is C21H25Cl2N3O. The van der Waals surface area contributed by atoms with Gasteiger partial charge in [0, 0.05) is 40.2 Å². The third-order valence-electron chi connectivity index (χ3n) is 4.40. The Morgan fingerprint density at radius 3 is 2.30 bits per heavy atom. The molecule has 1 aromatic heterocycles. The van der Waals surface area contributed by atoms with Crippen LogP contribution in [0.2, 0.25) is 10.0 Å². The maximum absolute atomic E-state index is 11.3. The number of rotatable bonds is 1. The predicted molar refractivity (Wildman–Crippen MR) is 114 cm³/mol. The molecule has 27 heavy (non-hydrogen) atoms. The summed E-state index contributed by atoms with van der Waals surface area (Å²) in [6, 6.07) is 15.1. The number of benzene rings is 2. The fourth-order valence-corrected chi connectivity index (χ4v) is 3.57. The van der Waals surface area contributed by atoms with E-state index in [9.17, 15) is 4.79 Å². The second-order valence-corrected chi connectivity index (χ2v) is 6.85. The van der Waals surface area contributed by atoms with Crippen molar-refractivity contribution in [1.82, 2.24) is 9.88 Å². The summed E-state index contributed by atoms with van der Waals surface area (Å²) in [5.74, 6) is -0.274. The molecule has 1 atom stereocenters. The lowest BCUT2D eigenvalue weighted by Crippen LogP contribution is -2.45. The van der Waals surface area contributed by atoms with E-state index < -0.39 is 0 Å². The molecule has 3 N–H and O–H groups in total. The van der Waals surface area contributed by atoms with Crippen molar-refractivity contribution in [1.29, 1.82) is 0 Å². The van der Waals surface area contributed by atoms with Gasteiger partial charge in [0.1, 0.15) is 0 Å². The monoisotopic (exact) mass is 405 g/mol. The van der Waals surface area contributed by atoms with Crippen LogP contribution in [0.4, 0.5) is 0 Å². The molecule has 4 nitrogen and oxygen atoms in total. The molecule has 3 aromatic rings. The molecule has 0 saturated carbocycles. The van der Waals surface area contributed by atoms with Crippen LogP contribution in [0.1, 0.15) is 25.1 Å². The second-order valence-electron chi connectivity index (χ2n) is 5.98. The molecule has 0 bridgehead atoms. The first-order chi connectivity index (χ1) is 13.0. The molecule has 1 amide bonds. The fourth-order valence-electron chi connectivity index (χ4n) is 3.13. The lowest BCUT2D eigenvalue weighted by Gasteiger charge is -2.22. The van der Waals surface area contributed by atoms with Crippen LogP contribution in [0.15, 0.2) is 48.5 Å².